The van der Waals surface area contributed by atoms with Gasteiger partial charge in [0.15, 0.2) is 11.8 Å². The van der Waals surface area contributed by atoms with Crippen LogP contribution in [0.3, 0.4) is 0 Å². The molecule has 1 aliphatic heterocycles. The fraction of sp³-hybridized carbons (Fsp3) is 0.286. The van der Waals surface area contributed by atoms with Crippen molar-refractivity contribution in [1.29, 1.82) is 0 Å². The Morgan fingerprint density at radius 1 is 1.65 bits per heavy atom. The lowest BCUT2D eigenvalue weighted by Gasteiger charge is -1.94. The van der Waals surface area contributed by atoms with E-state index in [1.807, 2.05) is 0 Å². The molecule has 1 heterocycles. The highest BCUT2D eigenvalue weighted by molar-refractivity contribution is 8.05. The molecule has 0 fully saturated rings. The third kappa shape index (κ3) is 5.78. The minimum atomic E-state index is -1.14. The normalized spacial score (nSPS) is 18.3. The lowest BCUT2D eigenvalue weighted by Crippen LogP contribution is -2.14. The molecule has 10 heteroatoms. The van der Waals surface area contributed by atoms with Crippen LogP contribution in [0.25, 0.3) is 0 Å². The first kappa shape index (κ1) is 16.0. The molecule has 1 atom stereocenters. The number of aliphatic imine (C=N–C) groups is 1. The van der Waals surface area contributed by atoms with E-state index < -0.39 is 28.5 Å². The van der Waals surface area contributed by atoms with E-state index in [-0.39, 0.29) is 24.0 Å². The molecule has 1 unspecified atom stereocenters. The van der Waals surface area contributed by atoms with Crippen molar-refractivity contribution >= 4 is 51.1 Å². The van der Waals surface area contributed by atoms with E-state index in [2.05, 4.69) is 14.4 Å². The first-order chi connectivity index (χ1) is 7.49. The zero-order valence-electron chi connectivity index (χ0n) is 8.33. The molecule has 0 saturated carbocycles. The fourth-order valence-electron chi connectivity index (χ4n) is 0.826. The van der Waals surface area contributed by atoms with Crippen LogP contribution in [0.4, 0.5) is 0 Å². The van der Waals surface area contributed by atoms with Crippen LogP contribution in [-0.4, -0.2) is 28.1 Å². The van der Waals surface area contributed by atoms with Gasteiger partial charge in [-0.2, -0.15) is 0 Å². The van der Waals surface area contributed by atoms with Crippen molar-refractivity contribution in [3.05, 3.63) is 11.1 Å². The summed E-state index contributed by atoms with van der Waals surface area (Å²) in [5, 5.41) is 9.42. The second kappa shape index (κ2) is 7.38. The molecule has 0 aliphatic carbocycles. The van der Waals surface area contributed by atoms with Crippen LogP contribution in [0, 0.1) is 0 Å². The molecule has 0 amide bonds. The summed E-state index contributed by atoms with van der Waals surface area (Å²) < 4.78 is 3.56. The van der Waals surface area contributed by atoms with Crippen molar-refractivity contribution in [2.24, 2.45) is 15.3 Å². The molecular formula is C7H9Cl2N3O4S. The van der Waals surface area contributed by atoms with Gasteiger partial charge in [0.2, 0.25) is 5.24 Å². The summed E-state index contributed by atoms with van der Waals surface area (Å²) in [6, 6.07) is 0. The number of hydrogen-bond donors (Lipinski definition) is 2. The highest BCUT2D eigenvalue weighted by Crippen LogP contribution is 2.15. The van der Waals surface area contributed by atoms with Crippen LogP contribution >= 0.6 is 24.0 Å². The molecule has 1 aliphatic rings. The van der Waals surface area contributed by atoms with E-state index in [4.69, 9.17) is 22.4 Å². The van der Waals surface area contributed by atoms with Gasteiger partial charge in [-0.3, -0.25) is 4.79 Å². The smallest absolute Gasteiger partial charge is 0.332 e. The second-order valence-electron chi connectivity index (χ2n) is 2.65. The van der Waals surface area contributed by atoms with Crippen molar-refractivity contribution in [2.75, 3.05) is 6.61 Å². The van der Waals surface area contributed by atoms with Gasteiger partial charge in [0.25, 0.3) is 0 Å². The van der Waals surface area contributed by atoms with Crippen molar-refractivity contribution < 1.29 is 19.5 Å². The number of carboxylic acid groups (broad SMARTS) is 1. The van der Waals surface area contributed by atoms with Crippen molar-refractivity contribution in [3.63, 3.8) is 0 Å². The molecule has 0 spiro atoms. The fourth-order valence-corrected chi connectivity index (χ4v) is 1.97. The molecular weight excluding hydrogens is 293 g/mol. The minimum Gasteiger partial charge on any atom is -0.479 e. The molecule has 7 nitrogen and oxygen atoms in total. The van der Waals surface area contributed by atoms with Gasteiger partial charge in [0, 0.05) is 16.1 Å². The van der Waals surface area contributed by atoms with Gasteiger partial charge in [-0.1, -0.05) is 4.53 Å². The number of halogens is 2. The number of carbonyl (C=O) groups excluding carboxylic acids is 1. The van der Waals surface area contributed by atoms with Gasteiger partial charge in [-0.05, 0) is 11.6 Å². The standard InChI is InChI=1S/C7H8ClN3O4S.ClH/c8-5(12)1-4-3-16(7(9)10-4)11-15-2-6(13)14;/h3H,1-2H2,(H2,9,10)(H,13,14);1H. The number of aliphatic carboxylic acids is 1. The van der Waals surface area contributed by atoms with E-state index in [9.17, 15) is 9.59 Å². The largest absolute Gasteiger partial charge is 0.479 e. The van der Waals surface area contributed by atoms with E-state index >= 15 is 0 Å². The van der Waals surface area contributed by atoms with Gasteiger partial charge in [0.1, 0.15) is 0 Å². The van der Waals surface area contributed by atoms with Crippen LogP contribution in [0.15, 0.2) is 20.6 Å². The van der Waals surface area contributed by atoms with Crippen LogP contribution in [-0.2, 0) is 25.1 Å². The van der Waals surface area contributed by atoms with Crippen LogP contribution < -0.4 is 5.73 Å². The quantitative estimate of drug-likeness (QED) is 0.568. The van der Waals surface area contributed by atoms with Gasteiger partial charge in [0.05, 0.1) is 12.1 Å². The number of amidine groups is 1. The summed E-state index contributed by atoms with van der Waals surface area (Å²) in [5.41, 5.74) is 5.90. The van der Waals surface area contributed by atoms with Crippen LogP contribution in [0.1, 0.15) is 6.42 Å². The third-order valence-electron chi connectivity index (χ3n) is 1.36. The van der Waals surface area contributed by atoms with Crippen LogP contribution in [0.2, 0.25) is 0 Å². The maximum absolute atomic E-state index is 10.6. The Bertz CT molecular complexity index is 421. The molecule has 96 valence electrons. The zero-order valence-corrected chi connectivity index (χ0v) is 10.7. The Morgan fingerprint density at radius 2 is 2.29 bits per heavy atom. The lowest BCUT2D eigenvalue weighted by molar-refractivity contribution is -0.142. The monoisotopic (exact) mass is 301 g/mol. The number of carboxylic acids is 1. The van der Waals surface area contributed by atoms with Crippen molar-refractivity contribution in [1.82, 2.24) is 0 Å². The Hall–Kier alpha value is -0.960. The van der Waals surface area contributed by atoms with E-state index in [1.54, 1.807) is 0 Å². The second-order valence-corrected chi connectivity index (χ2v) is 4.50. The zero-order chi connectivity index (χ0) is 12.1. The number of nitrogens with two attached hydrogens (primary N) is 1. The average molecular weight is 302 g/mol. The van der Waals surface area contributed by atoms with Crippen LogP contribution in [0.5, 0.6) is 0 Å². The summed E-state index contributed by atoms with van der Waals surface area (Å²) in [6.07, 6.45) is -0.0415. The third-order valence-corrected chi connectivity index (χ3v) is 2.77. The Kier molecular flexibility index (Phi) is 6.97. The van der Waals surface area contributed by atoms with E-state index in [0.29, 0.717) is 5.70 Å². The maximum Gasteiger partial charge on any atom is 0.332 e. The summed E-state index contributed by atoms with van der Waals surface area (Å²) in [4.78, 5) is 29.1. The Labute approximate surface area is 110 Å². The Morgan fingerprint density at radius 3 is 2.82 bits per heavy atom. The highest BCUT2D eigenvalue weighted by Gasteiger charge is 2.14. The molecule has 0 aromatic carbocycles. The molecule has 3 N–H and O–H groups in total. The SMILES string of the molecule is Cl.NC1=NC(CC(=O)Cl)=C/S1=N\OCC(=O)O. The van der Waals surface area contributed by atoms with Gasteiger partial charge in [-0.25, -0.2) is 14.6 Å². The van der Waals surface area contributed by atoms with Gasteiger partial charge >= 0.3 is 5.97 Å². The van der Waals surface area contributed by atoms with Crippen molar-refractivity contribution in [2.45, 2.75) is 6.42 Å². The summed E-state index contributed by atoms with van der Waals surface area (Å²) in [7, 11) is -0.941. The van der Waals surface area contributed by atoms with Gasteiger partial charge < -0.3 is 10.8 Å². The summed E-state index contributed by atoms with van der Waals surface area (Å²) >= 11 is 5.17. The first-order valence-corrected chi connectivity index (χ1v) is 5.62. The maximum atomic E-state index is 10.6. The summed E-state index contributed by atoms with van der Waals surface area (Å²) in [6.45, 7) is -0.547. The first-order valence-electron chi connectivity index (χ1n) is 4.00. The van der Waals surface area contributed by atoms with E-state index in [1.165, 1.54) is 5.41 Å². The Balaban J connectivity index is 0.00000256. The highest BCUT2D eigenvalue weighted by atomic mass is 35.5. The lowest BCUT2D eigenvalue weighted by atomic mass is 10.4. The molecule has 0 radical (unpaired) electrons. The summed E-state index contributed by atoms with van der Waals surface area (Å²) in [5.74, 6) is -1.14. The van der Waals surface area contributed by atoms with Crippen molar-refractivity contribution in [3.8, 4) is 0 Å². The molecule has 0 saturated heterocycles. The predicted molar refractivity (Wildman–Crippen MR) is 65.8 cm³/mol. The number of allylic oxidation sites excluding steroid dienone is 1. The number of carbonyl (C=O) groups is 2. The number of hydrogen-bond acceptors (Lipinski definition) is 6. The molecule has 1 rings (SSSR count). The van der Waals surface area contributed by atoms with E-state index in [0.717, 1.165) is 0 Å². The number of nitrogens with zero attached hydrogens (tertiary/aromatic N) is 2. The average Bonchev–Trinajstić information content (AvgIpc) is 2.45. The number of rotatable bonds is 5. The molecule has 0 bridgehead atoms. The topological polar surface area (TPSA) is 114 Å². The minimum absolute atomic E-state index is 0. The van der Waals surface area contributed by atoms with Gasteiger partial charge in [-0.15, -0.1) is 12.4 Å². The molecule has 17 heavy (non-hydrogen) atoms. The molecule has 0 aromatic heterocycles. The molecule has 0 aromatic rings. The predicted octanol–water partition coefficient (Wildman–Crippen LogP) is 0.552.